The van der Waals surface area contributed by atoms with E-state index in [-0.39, 0.29) is 6.42 Å². The molecule has 0 heterocycles. The van der Waals surface area contributed by atoms with Crippen molar-refractivity contribution in [3.63, 3.8) is 0 Å². The molecule has 0 saturated heterocycles. The van der Waals surface area contributed by atoms with Crippen LogP contribution in [0.4, 0.5) is 13.2 Å². The van der Waals surface area contributed by atoms with Crippen LogP contribution < -0.4 is 0 Å². The number of carboxylic acids is 1. The SMILES string of the molecule is N#C[C@@H](Cc1ccc(C(F)(F)F)cc1)C(=O)O. The Bertz CT molecular complexity index is 445. The van der Waals surface area contributed by atoms with E-state index in [4.69, 9.17) is 10.4 Å². The highest BCUT2D eigenvalue weighted by atomic mass is 19.4. The molecule has 1 N–H and O–H groups in total. The summed E-state index contributed by atoms with van der Waals surface area (Å²) in [7, 11) is 0. The maximum atomic E-state index is 12.2. The van der Waals surface area contributed by atoms with E-state index in [0.717, 1.165) is 12.1 Å². The number of nitriles is 1. The highest BCUT2D eigenvalue weighted by molar-refractivity contribution is 5.73. The van der Waals surface area contributed by atoms with Gasteiger partial charge in [-0.1, -0.05) is 12.1 Å². The van der Waals surface area contributed by atoms with Gasteiger partial charge in [-0.25, -0.2) is 0 Å². The number of hydrogen-bond acceptors (Lipinski definition) is 2. The third kappa shape index (κ3) is 3.48. The van der Waals surface area contributed by atoms with Crippen molar-refractivity contribution in [1.82, 2.24) is 0 Å². The molecule has 0 fully saturated rings. The summed E-state index contributed by atoms with van der Waals surface area (Å²) in [5.41, 5.74) is -0.419. The van der Waals surface area contributed by atoms with Crippen LogP contribution >= 0.6 is 0 Å². The fraction of sp³-hybridized carbons (Fsp3) is 0.273. The van der Waals surface area contributed by atoms with Crippen molar-refractivity contribution in [3.05, 3.63) is 35.4 Å². The van der Waals surface area contributed by atoms with Crippen LogP contribution in [0.15, 0.2) is 24.3 Å². The zero-order chi connectivity index (χ0) is 13.1. The van der Waals surface area contributed by atoms with Gasteiger partial charge >= 0.3 is 12.1 Å². The second-order valence-electron chi connectivity index (χ2n) is 3.42. The van der Waals surface area contributed by atoms with E-state index in [9.17, 15) is 18.0 Å². The largest absolute Gasteiger partial charge is 0.480 e. The molecule has 90 valence electrons. The van der Waals surface area contributed by atoms with Crippen molar-refractivity contribution in [2.24, 2.45) is 5.92 Å². The highest BCUT2D eigenvalue weighted by Crippen LogP contribution is 2.29. The topological polar surface area (TPSA) is 61.1 Å². The van der Waals surface area contributed by atoms with Crippen LogP contribution in [-0.2, 0) is 17.4 Å². The molecule has 1 rings (SSSR count). The van der Waals surface area contributed by atoms with Crippen LogP contribution in [0.1, 0.15) is 11.1 Å². The third-order valence-electron chi connectivity index (χ3n) is 2.18. The number of carboxylic acid groups (broad SMARTS) is 1. The maximum absolute atomic E-state index is 12.2. The summed E-state index contributed by atoms with van der Waals surface area (Å²) in [5, 5.41) is 17.1. The van der Waals surface area contributed by atoms with Gasteiger partial charge < -0.3 is 5.11 Å². The van der Waals surface area contributed by atoms with Gasteiger partial charge in [0.2, 0.25) is 0 Å². The third-order valence-corrected chi connectivity index (χ3v) is 2.18. The zero-order valence-electron chi connectivity index (χ0n) is 8.53. The molecule has 0 aliphatic carbocycles. The minimum absolute atomic E-state index is 0.107. The summed E-state index contributed by atoms with van der Waals surface area (Å²) < 4.78 is 36.7. The number of alkyl halides is 3. The number of benzene rings is 1. The van der Waals surface area contributed by atoms with E-state index < -0.39 is 23.6 Å². The molecule has 3 nitrogen and oxygen atoms in total. The molecule has 0 bridgehead atoms. The standard InChI is InChI=1S/C11H8F3NO2/c12-11(13,14)9-3-1-7(2-4-9)5-8(6-15)10(16)17/h1-4,8H,5H2,(H,16,17)/t8-/m1/s1. The predicted octanol–water partition coefficient (Wildman–Crippen LogP) is 2.47. The van der Waals surface area contributed by atoms with Crippen LogP contribution in [0.2, 0.25) is 0 Å². The van der Waals surface area contributed by atoms with Gasteiger partial charge in [-0.3, -0.25) is 4.79 Å². The van der Waals surface area contributed by atoms with Gasteiger partial charge in [0, 0.05) is 0 Å². The van der Waals surface area contributed by atoms with Crippen LogP contribution in [-0.4, -0.2) is 11.1 Å². The normalized spacial score (nSPS) is 12.8. The smallest absolute Gasteiger partial charge is 0.416 e. The lowest BCUT2D eigenvalue weighted by Crippen LogP contribution is -2.14. The van der Waals surface area contributed by atoms with Crippen LogP contribution in [0.5, 0.6) is 0 Å². The first-order valence-electron chi connectivity index (χ1n) is 4.63. The summed E-state index contributed by atoms with van der Waals surface area (Å²) in [6, 6.07) is 5.66. The molecule has 1 aromatic rings. The molecule has 0 saturated carbocycles. The van der Waals surface area contributed by atoms with Crippen molar-refractivity contribution in [2.75, 3.05) is 0 Å². The molecule has 6 heteroatoms. The maximum Gasteiger partial charge on any atom is 0.416 e. The van der Waals surface area contributed by atoms with Crippen LogP contribution in [0.25, 0.3) is 0 Å². The summed E-state index contributed by atoms with van der Waals surface area (Å²) in [5.74, 6) is -2.53. The van der Waals surface area contributed by atoms with Crippen molar-refractivity contribution in [3.8, 4) is 6.07 Å². The van der Waals surface area contributed by atoms with Crippen molar-refractivity contribution >= 4 is 5.97 Å². The van der Waals surface area contributed by atoms with E-state index in [2.05, 4.69) is 0 Å². The average molecular weight is 243 g/mol. The molecule has 0 spiro atoms. The Morgan fingerprint density at radius 1 is 1.35 bits per heavy atom. The molecule has 0 unspecified atom stereocenters. The first-order valence-corrected chi connectivity index (χ1v) is 4.63. The average Bonchev–Trinajstić information content (AvgIpc) is 2.25. The lowest BCUT2D eigenvalue weighted by molar-refractivity contribution is -0.140. The molecule has 1 atom stereocenters. The lowest BCUT2D eigenvalue weighted by Gasteiger charge is -2.08. The van der Waals surface area contributed by atoms with Gasteiger partial charge in [-0.2, -0.15) is 18.4 Å². The molecule has 0 aliphatic heterocycles. The Morgan fingerprint density at radius 2 is 1.88 bits per heavy atom. The van der Waals surface area contributed by atoms with Crippen molar-refractivity contribution < 1.29 is 23.1 Å². The van der Waals surface area contributed by atoms with Gasteiger partial charge in [0.05, 0.1) is 11.6 Å². The fourth-order valence-corrected chi connectivity index (χ4v) is 1.25. The highest BCUT2D eigenvalue weighted by Gasteiger charge is 2.30. The van der Waals surface area contributed by atoms with Gasteiger partial charge in [0.15, 0.2) is 0 Å². The molecule has 1 aromatic carbocycles. The number of nitrogens with zero attached hydrogens (tertiary/aromatic N) is 1. The Morgan fingerprint density at radius 3 is 2.24 bits per heavy atom. The van der Waals surface area contributed by atoms with Crippen LogP contribution in [0.3, 0.4) is 0 Å². The van der Waals surface area contributed by atoms with E-state index in [0.29, 0.717) is 5.56 Å². The summed E-state index contributed by atoms with van der Waals surface area (Å²) in [6.07, 6.45) is -4.52. The Balaban J connectivity index is 2.83. The minimum Gasteiger partial charge on any atom is -0.480 e. The Kier molecular flexibility index (Phi) is 3.73. The molecule has 0 aliphatic rings. The Labute approximate surface area is 95.1 Å². The summed E-state index contributed by atoms with van der Waals surface area (Å²) >= 11 is 0. The second kappa shape index (κ2) is 4.87. The first-order chi connectivity index (χ1) is 7.84. The summed E-state index contributed by atoms with van der Waals surface area (Å²) in [4.78, 5) is 10.6. The van der Waals surface area contributed by atoms with Crippen molar-refractivity contribution in [2.45, 2.75) is 12.6 Å². The fourth-order valence-electron chi connectivity index (χ4n) is 1.25. The minimum atomic E-state index is -4.42. The number of carbonyl (C=O) groups is 1. The number of hydrogen-bond donors (Lipinski definition) is 1. The monoisotopic (exact) mass is 243 g/mol. The molecular weight excluding hydrogens is 235 g/mol. The van der Waals surface area contributed by atoms with Gasteiger partial charge in [-0.15, -0.1) is 0 Å². The number of halogens is 3. The molecule has 0 amide bonds. The van der Waals surface area contributed by atoms with Crippen molar-refractivity contribution in [1.29, 1.82) is 5.26 Å². The number of rotatable bonds is 3. The second-order valence-corrected chi connectivity index (χ2v) is 3.42. The van der Waals surface area contributed by atoms with E-state index in [1.807, 2.05) is 0 Å². The molecule has 17 heavy (non-hydrogen) atoms. The molecule has 0 radical (unpaired) electrons. The zero-order valence-corrected chi connectivity index (χ0v) is 8.53. The van der Waals surface area contributed by atoms with Crippen LogP contribution in [0, 0.1) is 17.2 Å². The van der Waals surface area contributed by atoms with E-state index in [1.165, 1.54) is 12.1 Å². The van der Waals surface area contributed by atoms with E-state index in [1.54, 1.807) is 6.07 Å². The quantitative estimate of drug-likeness (QED) is 0.887. The van der Waals surface area contributed by atoms with E-state index >= 15 is 0 Å². The van der Waals surface area contributed by atoms with Gasteiger partial charge in [-0.05, 0) is 24.1 Å². The molecule has 0 aromatic heterocycles. The van der Waals surface area contributed by atoms with Gasteiger partial charge in [0.25, 0.3) is 0 Å². The Hall–Kier alpha value is -2.03. The van der Waals surface area contributed by atoms with Gasteiger partial charge in [0.1, 0.15) is 5.92 Å². The molecular formula is C11H8F3NO2. The summed E-state index contributed by atoms with van der Waals surface area (Å²) in [6.45, 7) is 0. The lowest BCUT2D eigenvalue weighted by atomic mass is 10.00. The first kappa shape index (κ1) is 13.0. The predicted molar refractivity (Wildman–Crippen MR) is 51.9 cm³/mol. The number of aliphatic carboxylic acids is 1.